The molecule has 5 atom stereocenters. The van der Waals surface area contributed by atoms with E-state index in [-0.39, 0.29) is 34.1 Å². The molecule has 0 aliphatic carbocycles. The smallest absolute Gasteiger partial charge is 0.394 e. The summed E-state index contributed by atoms with van der Waals surface area (Å²) in [6.45, 7) is 3.37. The molecule has 2 aliphatic rings. The highest BCUT2D eigenvalue weighted by Crippen LogP contribution is 2.62. The molecule has 1 fully saturated rings. The van der Waals surface area contributed by atoms with E-state index in [4.69, 9.17) is 16.7 Å². The molecule has 9 nitrogen and oxygen atoms in total. The van der Waals surface area contributed by atoms with Crippen molar-refractivity contribution in [2.24, 2.45) is 5.41 Å². The number of hydrogen-bond acceptors (Lipinski definition) is 6. The van der Waals surface area contributed by atoms with Gasteiger partial charge in [-0.15, -0.1) is 0 Å². The first-order chi connectivity index (χ1) is 19.4. The lowest BCUT2D eigenvalue weighted by Gasteiger charge is -2.43. The number of aliphatic hydroxyl groups excluding tert-OH is 2. The third-order valence-electron chi connectivity index (χ3n) is 7.71. The minimum atomic E-state index is -6.30. The Balaban J connectivity index is 2.11. The van der Waals surface area contributed by atoms with Gasteiger partial charge in [-0.05, 0) is 41.2 Å². The Morgan fingerprint density at radius 2 is 1.83 bits per heavy atom. The number of nitrogens with zero attached hydrogens (tertiary/aromatic N) is 1. The van der Waals surface area contributed by atoms with Crippen LogP contribution in [0.4, 0.5) is 23.2 Å². The van der Waals surface area contributed by atoms with Gasteiger partial charge in [-0.3, -0.25) is 9.59 Å². The van der Waals surface area contributed by atoms with Crippen LogP contribution >= 0.6 is 11.6 Å². The van der Waals surface area contributed by atoms with Crippen molar-refractivity contribution < 1.29 is 45.8 Å². The number of aliphatic hydroxyl groups is 2. The van der Waals surface area contributed by atoms with Crippen LogP contribution in [0.1, 0.15) is 44.2 Å². The molecule has 0 saturated carbocycles. The monoisotopic (exact) mass is 635 g/mol. The Hall–Kier alpha value is -2.78. The van der Waals surface area contributed by atoms with E-state index in [9.17, 15) is 40.7 Å². The lowest BCUT2D eigenvalue weighted by atomic mass is 9.60. The average Bonchev–Trinajstić information content (AvgIpc) is 3.38. The number of anilines is 1. The third-order valence-corrected chi connectivity index (χ3v) is 9.58. The summed E-state index contributed by atoms with van der Waals surface area (Å²) in [5.74, 6) is -4.54. The summed E-state index contributed by atoms with van der Waals surface area (Å²) in [6, 6.07) is 5.26. The van der Waals surface area contributed by atoms with Crippen molar-refractivity contribution in [3.8, 4) is 0 Å². The van der Waals surface area contributed by atoms with E-state index in [1.165, 1.54) is 39.0 Å². The summed E-state index contributed by atoms with van der Waals surface area (Å²) in [7, 11) is -6.30. The number of sulfonamides is 1. The summed E-state index contributed by atoms with van der Waals surface area (Å²) < 4.78 is 84.5. The van der Waals surface area contributed by atoms with E-state index in [2.05, 4.69) is 10.6 Å². The molecule has 2 aromatic carbocycles. The van der Waals surface area contributed by atoms with Crippen LogP contribution in [-0.4, -0.2) is 71.6 Å². The van der Waals surface area contributed by atoms with Gasteiger partial charge in [0.2, 0.25) is 11.8 Å². The molecule has 0 aromatic heterocycles. The van der Waals surface area contributed by atoms with E-state index in [1.807, 2.05) is 0 Å². The fourth-order valence-electron chi connectivity index (χ4n) is 6.26. The second kappa shape index (κ2) is 11.1. The zero-order valence-electron chi connectivity index (χ0n) is 22.7. The van der Waals surface area contributed by atoms with E-state index in [0.29, 0.717) is 0 Å². The molecule has 2 aliphatic heterocycles. The quantitative estimate of drug-likeness (QED) is 0.345. The minimum Gasteiger partial charge on any atom is -0.394 e. The van der Waals surface area contributed by atoms with Crippen molar-refractivity contribution in [3.05, 3.63) is 64.4 Å². The lowest BCUT2D eigenvalue weighted by molar-refractivity contribution is -0.125. The van der Waals surface area contributed by atoms with Crippen molar-refractivity contribution in [3.63, 3.8) is 0 Å². The first-order valence-electron chi connectivity index (χ1n) is 12.9. The molecular weight excluding hydrogens is 606 g/mol. The Bertz CT molecular complexity index is 1500. The minimum absolute atomic E-state index is 0.0436. The fraction of sp³-hybridized carbons (Fsp3) is 0.481. The molecule has 2 heterocycles. The van der Waals surface area contributed by atoms with Crippen molar-refractivity contribution >= 4 is 39.1 Å². The first-order valence-corrected chi connectivity index (χ1v) is 14.7. The highest BCUT2D eigenvalue weighted by molar-refractivity contribution is 7.90. The molecule has 1 spiro atoms. The Morgan fingerprint density at radius 1 is 1.19 bits per heavy atom. The second-order valence-corrected chi connectivity index (χ2v) is 13.7. The van der Waals surface area contributed by atoms with Crippen LogP contribution < -0.4 is 10.6 Å². The van der Waals surface area contributed by atoms with Crippen LogP contribution in [0.5, 0.6) is 0 Å². The van der Waals surface area contributed by atoms with Gasteiger partial charge in [0, 0.05) is 18.2 Å². The highest BCUT2D eigenvalue weighted by Gasteiger charge is 2.75. The predicted molar refractivity (Wildman–Crippen MR) is 145 cm³/mol. The Morgan fingerprint density at radius 3 is 2.40 bits per heavy atom. The van der Waals surface area contributed by atoms with E-state index >= 15 is 0 Å². The van der Waals surface area contributed by atoms with E-state index < -0.39 is 79.7 Å². The number of carbonyl (C=O) groups excluding carboxylic acids is 2. The zero-order chi connectivity index (χ0) is 31.4. The summed E-state index contributed by atoms with van der Waals surface area (Å²) in [5.41, 5.74) is -9.04. The Labute approximate surface area is 244 Å². The maximum atomic E-state index is 14.4. The standard InChI is InChI=1S/C27H30ClF4N3O6S/c1-25(2,3)23-26(16-6-4-5-7-19(16)34-24(26)39)20(14-8-9-18(29)17(28)12-14)21(22(38)33-11-10-15(37)13-36)35(23)42(40,41)27(30,31)32/h4-9,12,15,20-21,23,36-37H,10-11,13H2,1-3H3,(H,33,38)(H,34,39)/t15-,20-,21+,23?,26?/m0/s1. The number of halogens is 5. The van der Waals surface area contributed by atoms with Gasteiger partial charge >= 0.3 is 15.5 Å². The van der Waals surface area contributed by atoms with Crippen molar-refractivity contribution in [1.29, 1.82) is 0 Å². The zero-order valence-corrected chi connectivity index (χ0v) is 24.3. The van der Waals surface area contributed by atoms with Crippen molar-refractivity contribution in [2.75, 3.05) is 18.5 Å². The fourth-order valence-corrected chi connectivity index (χ4v) is 7.96. The lowest BCUT2D eigenvalue weighted by Crippen LogP contribution is -2.59. The molecule has 42 heavy (non-hydrogen) atoms. The van der Waals surface area contributed by atoms with Crippen molar-refractivity contribution in [2.45, 2.75) is 62.2 Å². The summed E-state index contributed by atoms with van der Waals surface area (Å²) >= 11 is 6.07. The molecule has 2 aromatic rings. The van der Waals surface area contributed by atoms with Gasteiger partial charge in [0.15, 0.2) is 0 Å². The summed E-state index contributed by atoms with van der Waals surface area (Å²) in [4.78, 5) is 28.1. The van der Waals surface area contributed by atoms with Gasteiger partial charge in [0.25, 0.3) is 0 Å². The normalized spacial score (nSPS) is 25.4. The number of fused-ring (bicyclic) bond motifs is 2. The van der Waals surface area contributed by atoms with Crippen LogP contribution in [0.15, 0.2) is 42.5 Å². The maximum absolute atomic E-state index is 14.4. The Kier molecular flexibility index (Phi) is 8.46. The van der Waals surface area contributed by atoms with Gasteiger partial charge in [-0.25, -0.2) is 12.8 Å². The summed E-state index contributed by atoms with van der Waals surface area (Å²) in [6.07, 6.45) is -1.47. The van der Waals surface area contributed by atoms with Crippen LogP contribution in [-0.2, 0) is 25.0 Å². The SMILES string of the molecule is CC(C)(C)C1N(S(=O)(=O)C(F)(F)F)[C@@H](C(=O)NCC[C@H](O)CO)[C@H](c2ccc(F)c(Cl)c2)C12C(=O)Nc1ccccc12. The van der Waals surface area contributed by atoms with Gasteiger partial charge in [0.1, 0.15) is 17.3 Å². The van der Waals surface area contributed by atoms with E-state index in [0.717, 1.165) is 18.2 Å². The molecule has 2 unspecified atom stereocenters. The predicted octanol–water partition coefficient (Wildman–Crippen LogP) is 3.26. The number of hydrogen-bond donors (Lipinski definition) is 4. The number of benzene rings is 2. The summed E-state index contributed by atoms with van der Waals surface area (Å²) in [5, 5.41) is 23.4. The van der Waals surface area contributed by atoms with Crippen molar-refractivity contribution in [1.82, 2.24) is 9.62 Å². The first kappa shape index (κ1) is 32.1. The molecule has 15 heteroatoms. The van der Waals surface area contributed by atoms with Gasteiger partial charge < -0.3 is 20.8 Å². The largest absolute Gasteiger partial charge is 0.511 e. The molecule has 0 bridgehead atoms. The molecule has 4 N–H and O–H groups in total. The third kappa shape index (κ3) is 5.06. The average molecular weight is 636 g/mol. The topological polar surface area (TPSA) is 136 Å². The molecule has 1 saturated heterocycles. The number of nitrogens with one attached hydrogen (secondary N) is 2. The van der Waals surface area contributed by atoms with Crippen LogP contribution in [0.25, 0.3) is 0 Å². The second-order valence-electron chi connectivity index (χ2n) is 11.4. The van der Waals surface area contributed by atoms with Crippen LogP contribution in [0, 0.1) is 11.2 Å². The van der Waals surface area contributed by atoms with Gasteiger partial charge in [-0.2, -0.15) is 17.5 Å². The number of para-hydroxylation sites is 1. The maximum Gasteiger partial charge on any atom is 0.511 e. The number of alkyl halides is 3. The van der Waals surface area contributed by atoms with Gasteiger partial charge in [-0.1, -0.05) is 56.6 Å². The molecular formula is C27H30ClF4N3O6S. The molecule has 2 amide bonds. The highest BCUT2D eigenvalue weighted by atomic mass is 35.5. The van der Waals surface area contributed by atoms with E-state index in [1.54, 1.807) is 6.07 Å². The van der Waals surface area contributed by atoms with Crippen LogP contribution in [0.3, 0.4) is 0 Å². The number of carbonyl (C=O) groups is 2. The molecule has 4 rings (SSSR count). The van der Waals surface area contributed by atoms with Crippen LogP contribution in [0.2, 0.25) is 5.02 Å². The number of amides is 2. The molecule has 230 valence electrons. The molecule has 0 radical (unpaired) electrons. The number of rotatable bonds is 7. The van der Waals surface area contributed by atoms with Gasteiger partial charge in [0.05, 0.1) is 23.8 Å².